The first kappa shape index (κ1) is 36.3. The summed E-state index contributed by atoms with van der Waals surface area (Å²) in [5.74, 6) is -13.8. The lowest BCUT2D eigenvalue weighted by atomic mass is 9.38. The molecular weight excluding hydrogens is 710 g/mol. The summed E-state index contributed by atoms with van der Waals surface area (Å²) in [6.45, 7) is 12.4. The number of nitrogens with one attached hydrogen (secondary N) is 1. The van der Waals surface area contributed by atoms with E-state index in [-0.39, 0.29) is 41.4 Å². The van der Waals surface area contributed by atoms with Gasteiger partial charge in [-0.1, -0.05) is 44.1 Å². The molecule has 4 N–H and O–H groups in total. The molecule has 55 heavy (non-hydrogen) atoms. The molecule has 290 valence electrons. The zero-order valence-corrected chi connectivity index (χ0v) is 31.7. The van der Waals surface area contributed by atoms with E-state index in [1.165, 1.54) is 13.8 Å². The Hall–Kier alpha value is -4.33. The number of carbonyl (C=O) groups is 7. The highest BCUT2D eigenvalue weighted by atomic mass is 16.5. The van der Waals surface area contributed by atoms with Crippen LogP contribution >= 0.6 is 0 Å². The fraction of sp³-hybridized carbons (Fsp3) is 0.595. The zero-order chi connectivity index (χ0) is 39.9. The number of ether oxygens (including phenoxy) is 1. The third-order valence-electron chi connectivity index (χ3n) is 15.7. The summed E-state index contributed by atoms with van der Waals surface area (Å²) in [6.07, 6.45) is 1.16. The first-order valence-electron chi connectivity index (χ1n) is 19.2. The fourth-order valence-corrected chi connectivity index (χ4v) is 13.6. The van der Waals surface area contributed by atoms with Crippen molar-refractivity contribution in [1.82, 2.24) is 5.32 Å². The molecule has 1 amide bonds. The molecule has 3 aliphatic heterocycles. The van der Waals surface area contributed by atoms with Crippen molar-refractivity contribution in [3.8, 4) is 0 Å². The van der Waals surface area contributed by atoms with Crippen LogP contribution in [-0.4, -0.2) is 85.9 Å². The number of amides is 1. The van der Waals surface area contributed by atoms with Crippen LogP contribution in [0, 0.1) is 51.8 Å². The molecule has 8 aliphatic rings. The van der Waals surface area contributed by atoms with E-state index in [4.69, 9.17) is 9.15 Å². The number of aliphatic hydroxyl groups is 3. The van der Waals surface area contributed by atoms with Gasteiger partial charge in [0.1, 0.15) is 23.2 Å². The summed E-state index contributed by atoms with van der Waals surface area (Å²) in [6, 6.07) is -0.483. The van der Waals surface area contributed by atoms with Gasteiger partial charge in [0.2, 0.25) is 23.1 Å². The molecule has 1 spiro atoms. The van der Waals surface area contributed by atoms with E-state index in [1.807, 2.05) is 46.8 Å². The van der Waals surface area contributed by atoms with Gasteiger partial charge in [-0.3, -0.25) is 33.6 Å². The molecule has 0 unspecified atom stereocenters. The van der Waals surface area contributed by atoms with Crippen LogP contribution < -0.4 is 5.32 Å². The molecule has 13 nitrogen and oxygen atoms in total. The molecule has 4 fully saturated rings. The van der Waals surface area contributed by atoms with Crippen LogP contribution in [0.25, 0.3) is 0 Å². The normalized spacial score (nSPS) is 48.0. The Balaban J connectivity index is 1.39. The number of hydrogen-bond donors (Lipinski definition) is 4. The SMILES string of the molecule is CC1=C[C@@H]2/C=C(\C)CC[C@@H](O)C(=O)[C@H]3[C@H](C(=O)[C@]24C(=O)N[C@@H](CC(C)C)[C@@H]4[C@@H]1C)[C@H]1O[C@@H]3[C@@]23C(C)=C(O)C(=O)C(=O)[C@@]12[C@]1(O)C(=O)c2cocc2[C@@]3(C)C1=O. The predicted octanol–water partition coefficient (Wildman–Crippen LogP) is 2.62. The Kier molecular flexibility index (Phi) is 7.09. The van der Waals surface area contributed by atoms with Crippen molar-refractivity contribution in [1.29, 1.82) is 0 Å². The molecule has 1 saturated carbocycles. The number of carbonyl (C=O) groups excluding carboxylic acids is 7. The topological polar surface area (TPSA) is 215 Å². The maximum absolute atomic E-state index is 16.3. The summed E-state index contributed by atoms with van der Waals surface area (Å²) >= 11 is 0. The number of allylic oxidation sites excluding steroid dienone is 5. The highest BCUT2D eigenvalue weighted by Gasteiger charge is 2.99. The van der Waals surface area contributed by atoms with Gasteiger partial charge in [0, 0.05) is 23.4 Å². The van der Waals surface area contributed by atoms with E-state index < -0.39 is 122 Å². The highest BCUT2D eigenvalue weighted by molar-refractivity contribution is 6.50. The Morgan fingerprint density at radius 3 is 2.29 bits per heavy atom. The summed E-state index contributed by atoms with van der Waals surface area (Å²) < 4.78 is 12.1. The standard InChI is InChI=1S/C42H45NO12/c1-15(2)10-23-27-18(5)17(4)12-20-11-16(3)8-9-24(44)29(46)25-26(32(49)39(20,27)37(52)43-23)35-41-33(50)30(47)28(45)19(6)40(41,34(25)55-35)38(7)22-14-54-13-21(22)31(48)42(41,53)36(38)51/h11-15,18,20,23-27,34-35,44-45,53H,8-10H2,1-7H3,(H,43,52)/b16-11+/t18-,20+,23+,24-,25-,26-,27+,34+,35-,38+,39+,40-,41-,42+/m1/s1. The maximum Gasteiger partial charge on any atom is 0.263 e. The van der Waals surface area contributed by atoms with Crippen molar-refractivity contribution in [3.05, 3.63) is 58.3 Å². The summed E-state index contributed by atoms with van der Waals surface area (Å²) in [5, 5.41) is 39.3. The minimum Gasteiger partial charge on any atom is -0.504 e. The Morgan fingerprint density at radius 1 is 0.945 bits per heavy atom. The Labute approximate surface area is 316 Å². The summed E-state index contributed by atoms with van der Waals surface area (Å²) in [7, 11) is 0. The monoisotopic (exact) mass is 755 g/mol. The predicted molar refractivity (Wildman–Crippen MR) is 189 cm³/mol. The number of fused-ring (bicyclic) bond motifs is 9. The molecule has 14 atom stereocenters. The first-order valence-corrected chi connectivity index (χ1v) is 19.2. The van der Waals surface area contributed by atoms with Gasteiger partial charge in [-0.25, -0.2) is 0 Å². The fourth-order valence-electron chi connectivity index (χ4n) is 13.6. The molecule has 1 aromatic rings. The van der Waals surface area contributed by atoms with E-state index in [9.17, 15) is 34.5 Å². The minimum absolute atomic E-state index is 0.0426. The van der Waals surface area contributed by atoms with E-state index in [0.29, 0.717) is 6.42 Å². The molecule has 4 bridgehead atoms. The van der Waals surface area contributed by atoms with Gasteiger partial charge in [-0.15, -0.1) is 0 Å². The van der Waals surface area contributed by atoms with Crippen molar-refractivity contribution < 1.29 is 58.0 Å². The molecule has 5 aliphatic carbocycles. The third kappa shape index (κ3) is 3.42. The lowest BCUT2D eigenvalue weighted by molar-refractivity contribution is -0.175. The number of ketones is 6. The van der Waals surface area contributed by atoms with Gasteiger partial charge in [0.05, 0.1) is 46.7 Å². The van der Waals surface area contributed by atoms with Crippen LogP contribution in [0.4, 0.5) is 0 Å². The van der Waals surface area contributed by atoms with Crippen molar-refractivity contribution in [2.24, 2.45) is 51.8 Å². The molecule has 1 aromatic heterocycles. The number of Topliss-reactive ketones (excluding diaryl/α,β-unsaturated/α-hetero) is 6. The van der Waals surface area contributed by atoms with E-state index in [1.54, 1.807) is 0 Å². The van der Waals surface area contributed by atoms with Crippen LogP contribution in [-0.2, 0) is 38.9 Å². The van der Waals surface area contributed by atoms with Crippen molar-refractivity contribution >= 4 is 40.6 Å². The largest absolute Gasteiger partial charge is 0.504 e. The smallest absolute Gasteiger partial charge is 0.263 e. The second-order valence-electron chi connectivity index (χ2n) is 18.1. The van der Waals surface area contributed by atoms with Crippen LogP contribution in [0.15, 0.2) is 51.6 Å². The number of hydrogen-bond acceptors (Lipinski definition) is 12. The Bertz CT molecular complexity index is 2210. The van der Waals surface area contributed by atoms with Crippen molar-refractivity contribution in [2.75, 3.05) is 0 Å². The zero-order valence-electron chi connectivity index (χ0n) is 31.7. The van der Waals surface area contributed by atoms with Gasteiger partial charge < -0.3 is 29.8 Å². The second-order valence-corrected chi connectivity index (χ2v) is 18.1. The van der Waals surface area contributed by atoms with Crippen LogP contribution in [0.3, 0.4) is 0 Å². The molecule has 3 saturated heterocycles. The number of aliphatic hydroxyl groups excluding tert-OH is 2. The van der Waals surface area contributed by atoms with Gasteiger partial charge in [0.15, 0.2) is 23.1 Å². The summed E-state index contributed by atoms with van der Waals surface area (Å²) in [5.41, 5.74) is -11.4. The highest BCUT2D eigenvalue weighted by Crippen LogP contribution is 2.83. The molecule has 4 heterocycles. The average Bonchev–Trinajstić information content (AvgIpc) is 3.93. The Morgan fingerprint density at radius 2 is 1.62 bits per heavy atom. The molecular formula is C42H45NO12. The van der Waals surface area contributed by atoms with Gasteiger partial charge in [-0.05, 0) is 64.4 Å². The first-order chi connectivity index (χ1) is 25.8. The molecule has 0 radical (unpaired) electrons. The van der Waals surface area contributed by atoms with Crippen molar-refractivity contribution in [3.63, 3.8) is 0 Å². The van der Waals surface area contributed by atoms with E-state index in [2.05, 4.69) is 5.32 Å². The van der Waals surface area contributed by atoms with Gasteiger partial charge in [-0.2, -0.15) is 0 Å². The lowest BCUT2D eigenvalue weighted by Gasteiger charge is -2.57. The van der Waals surface area contributed by atoms with Crippen LogP contribution in [0.1, 0.15) is 83.7 Å². The maximum atomic E-state index is 16.3. The lowest BCUT2D eigenvalue weighted by Crippen LogP contribution is -2.74. The number of rotatable bonds is 2. The van der Waals surface area contributed by atoms with Crippen molar-refractivity contribution in [2.45, 2.75) is 103 Å². The third-order valence-corrected chi connectivity index (χ3v) is 15.7. The van der Waals surface area contributed by atoms with E-state index >= 15 is 14.4 Å². The summed E-state index contributed by atoms with van der Waals surface area (Å²) in [4.78, 5) is 105. The average molecular weight is 756 g/mol. The molecule has 9 rings (SSSR count). The van der Waals surface area contributed by atoms with Gasteiger partial charge in [0.25, 0.3) is 5.78 Å². The quantitative estimate of drug-likeness (QED) is 0.195. The number of furan rings is 1. The van der Waals surface area contributed by atoms with Crippen LogP contribution in [0.2, 0.25) is 0 Å². The second kappa shape index (κ2) is 10.7. The minimum atomic E-state index is -3.33. The van der Waals surface area contributed by atoms with Crippen LogP contribution in [0.5, 0.6) is 0 Å². The molecule has 13 heteroatoms. The van der Waals surface area contributed by atoms with Gasteiger partial charge >= 0.3 is 0 Å². The molecule has 0 aromatic carbocycles. The van der Waals surface area contributed by atoms with E-state index in [0.717, 1.165) is 23.7 Å².